The number of piperidine rings is 1. The van der Waals surface area contributed by atoms with Crippen molar-refractivity contribution in [1.29, 1.82) is 0 Å². The second kappa shape index (κ2) is 15.1. The van der Waals surface area contributed by atoms with E-state index in [2.05, 4.69) is 6.92 Å². The van der Waals surface area contributed by atoms with Crippen LogP contribution >= 0.6 is 0 Å². The lowest BCUT2D eigenvalue weighted by atomic mass is 9.96. The van der Waals surface area contributed by atoms with Gasteiger partial charge >= 0.3 is 12.1 Å². The molecule has 1 saturated heterocycles. The lowest BCUT2D eigenvalue weighted by Gasteiger charge is -2.31. The van der Waals surface area contributed by atoms with Gasteiger partial charge < -0.3 is 9.64 Å². The molecular weight excluding hydrogens is 462 g/mol. The van der Waals surface area contributed by atoms with Gasteiger partial charge in [0.25, 0.3) is 5.91 Å². The minimum Gasteiger partial charge on any atom is -0.465 e. The second-order valence-electron chi connectivity index (χ2n) is 9.46. The highest BCUT2D eigenvalue weighted by atomic mass is 19.4. The number of alkyl halides is 3. The number of esters is 1. The van der Waals surface area contributed by atoms with Gasteiger partial charge in [0.15, 0.2) is 0 Å². The third-order valence-electron chi connectivity index (χ3n) is 6.63. The largest absolute Gasteiger partial charge is 0.465 e. The van der Waals surface area contributed by atoms with Crippen molar-refractivity contribution in [2.24, 2.45) is 5.92 Å². The molecule has 0 atom stereocenters. The molecule has 4 nitrogen and oxygen atoms in total. The molecule has 2 rings (SSSR count). The number of ether oxygens (including phenoxy) is 1. The standard InChI is InChI=1S/C27H39F4NO3/c1-2-3-4-5-6-7-8-9-10-11-12-19-35-26(34)21-15-17-32(18-16-21)25(33)23-20-22(27(29,30)31)13-14-24(23)28/h13-14,20-21H,2-12,15-19H2,1H3. The van der Waals surface area contributed by atoms with Crippen molar-refractivity contribution in [2.75, 3.05) is 19.7 Å². The lowest BCUT2D eigenvalue weighted by molar-refractivity contribution is -0.150. The molecule has 1 amide bonds. The molecule has 8 heteroatoms. The number of benzene rings is 1. The number of rotatable bonds is 14. The average Bonchev–Trinajstić information content (AvgIpc) is 2.84. The summed E-state index contributed by atoms with van der Waals surface area (Å²) in [5.41, 5.74) is -1.67. The van der Waals surface area contributed by atoms with Crippen LogP contribution in [-0.2, 0) is 15.7 Å². The molecule has 0 aromatic heterocycles. The highest BCUT2D eigenvalue weighted by Gasteiger charge is 2.34. The van der Waals surface area contributed by atoms with Crippen LogP contribution in [0.15, 0.2) is 18.2 Å². The van der Waals surface area contributed by atoms with Crippen molar-refractivity contribution in [3.05, 3.63) is 35.1 Å². The minimum atomic E-state index is -4.66. The van der Waals surface area contributed by atoms with Crippen molar-refractivity contribution >= 4 is 11.9 Å². The molecule has 0 aliphatic carbocycles. The Labute approximate surface area is 206 Å². The molecule has 35 heavy (non-hydrogen) atoms. The number of hydrogen-bond acceptors (Lipinski definition) is 3. The van der Waals surface area contributed by atoms with Gasteiger partial charge in [-0.05, 0) is 37.5 Å². The van der Waals surface area contributed by atoms with Crippen LogP contribution in [0, 0.1) is 11.7 Å². The number of unbranched alkanes of at least 4 members (excludes halogenated alkanes) is 10. The van der Waals surface area contributed by atoms with Gasteiger partial charge in [-0.25, -0.2) is 4.39 Å². The van der Waals surface area contributed by atoms with Crippen molar-refractivity contribution < 1.29 is 31.9 Å². The molecule has 0 radical (unpaired) electrons. The Morgan fingerprint density at radius 3 is 2.00 bits per heavy atom. The van der Waals surface area contributed by atoms with E-state index in [-0.39, 0.29) is 25.0 Å². The Morgan fingerprint density at radius 1 is 0.914 bits per heavy atom. The topological polar surface area (TPSA) is 46.6 Å². The van der Waals surface area contributed by atoms with Crippen LogP contribution in [0.25, 0.3) is 0 Å². The Hall–Kier alpha value is -2.12. The van der Waals surface area contributed by atoms with Crippen LogP contribution in [0.3, 0.4) is 0 Å². The van der Waals surface area contributed by atoms with Gasteiger partial charge in [-0.3, -0.25) is 9.59 Å². The molecule has 0 saturated carbocycles. The summed E-state index contributed by atoms with van der Waals surface area (Å²) in [6.45, 7) is 2.95. The SMILES string of the molecule is CCCCCCCCCCCCCOC(=O)C1CCN(C(=O)c2cc(C(F)(F)F)ccc2F)CC1. The van der Waals surface area contributed by atoms with Crippen LogP contribution in [0.1, 0.15) is 106 Å². The summed E-state index contributed by atoms with van der Waals surface area (Å²) in [6.07, 6.45) is 9.38. The Bertz CT molecular complexity index is 789. The number of amides is 1. The van der Waals surface area contributed by atoms with Gasteiger partial charge in [-0.1, -0.05) is 71.1 Å². The summed E-state index contributed by atoms with van der Waals surface area (Å²) in [5, 5.41) is 0. The van der Waals surface area contributed by atoms with E-state index in [0.717, 1.165) is 19.3 Å². The fourth-order valence-electron chi connectivity index (χ4n) is 4.41. The molecule has 1 fully saturated rings. The Morgan fingerprint density at radius 2 is 1.46 bits per heavy atom. The molecule has 1 aromatic carbocycles. The highest BCUT2D eigenvalue weighted by molar-refractivity contribution is 5.95. The van der Waals surface area contributed by atoms with Gasteiger partial charge in [-0.2, -0.15) is 13.2 Å². The first-order valence-corrected chi connectivity index (χ1v) is 13.1. The van der Waals surface area contributed by atoms with Crippen molar-refractivity contribution in [2.45, 2.75) is 96.6 Å². The molecule has 198 valence electrons. The predicted molar refractivity (Wildman–Crippen MR) is 127 cm³/mol. The van der Waals surface area contributed by atoms with E-state index in [0.29, 0.717) is 37.6 Å². The van der Waals surface area contributed by atoms with Gasteiger partial charge in [0.05, 0.1) is 23.7 Å². The predicted octanol–water partition coefficient (Wildman–Crippen LogP) is 7.55. The molecule has 1 aliphatic heterocycles. The first-order chi connectivity index (χ1) is 16.7. The maximum atomic E-state index is 14.0. The molecule has 0 spiro atoms. The maximum absolute atomic E-state index is 14.0. The molecule has 0 unspecified atom stereocenters. The second-order valence-corrected chi connectivity index (χ2v) is 9.46. The van der Waals surface area contributed by atoms with E-state index < -0.39 is 29.0 Å². The summed E-state index contributed by atoms with van der Waals surface area (Å²) < 4.78 is 58.2. The Kier molecular flexibility index (Phi) is 12.6. The number of hydrogen-bond donors (Lipinski definition) is 0. The zero-order valence-electron chi connectivity index (χ0n) is 20.8. The monoisotopic (exact) mass is 501 g/mol. The van der Waals surface area contributed by atoms with Crippen molar-refractivity contribution in [3.63, 3.8) is 0 Å². The summed E-state index contributed by atoms with van der Waals surface area (Å²) in [7, 11) is 0. The number of nitrogens with zero attached hydrogens (tertiary/aromatic N) is 1. The van der Waals surface area contributed by atoms with E-state index in [1.165, 1.54) is 56.3 Å². The third kappa shape index (κ3) is 10.2. The highest BCUT2D eigenvalue weighted by Crippen LogP contribution is 2.31. The summed E-state index contributed by atoms with van der Waals surface area (Å²) >= 11 is 0. The molecule has 1 aliphatic rings. The smallest absolute Gasteiger partial charge is 0.416 e. The Balaban J connectivity index is 1.61. The third-order valence-corrected chi connectivity index (χ3v) is 6.63. The average molecular weight is 502 g/mol. The van der Waals surface area contributed by atoms with Crippen LogP contribution in [0.2, 0.25) is 0 Å². The van der Waals surface area contributed by atoms with Gasteiger partial charge in [0.1, 0.15) is 5.82 Å². The molecule has 0 bridgehead atoms. The summed E-state index contributed by atoms with van der Waals surface area (Å²) in [5.74, 6) is -2.43. The van der Waals surface area contributed by atoms with Gasteiger partial charge in [-0.15, -0.1) is 0 Å². The van der Waals surface area contributed by atoms with Crippen molar-refractivity contribution in [3.8, 4) is 0 Å². The fourth-order valence-corrected chi connectivity index (χ4v) is 4.41. The molecular formula is C27H39F4NO3. The maximum Gasteiger partial charge on any atom is 0.416 e. The zero-order valence-corrected chi connectivity index (χ0v) is 20.8. The van der Waals surface area contributed by atoms with E-state index in [1.807, 2.05) is 0 Å². The van der Waals surface area contributed by atoms with E-state index in [1.54, 1.807) is 0 Å². The molecule has 1 aromatic rings. The fraction of sp³-hybridized carbons (Fsp3) is 0.704. The summed E-state index contributed by atoms with van der Waals surface area (Å²) in [6, 6.07) is 1.82. The lowest BCUT2D eigenvalue weighted by Crippen LogP contribution is -2.41. The molecule has 1 heterocycles. The van der Waals surface area contributed by atoms with Crippen molar-refractivity contribution in [1.82, 2.24) is 4.90 Å². The van der Waals surface area contributed by atoms with Crippen LogP contribution < -0.4 is 0 Å². The van der Waals surface area contributed by atoms with Crippen LogP contribution in [-0.4, -0.2) is 36.5 Å². The van der Waals surface area contributed by atoms with Gasteiger partial charge in [0, 0.05) is 13.1 Å². The first kappa shape index (κ1) is 29.1. The van der Waals surface area contributed by atoms with E-state index in [9.17, 15) is 27.2 Å². The van der Waals surface area contributed by atoms with E-state index in [4.69, 9.17) is 4.74 Å². The quantitative estimate of drug-likeness (QED) is 0.150. The number of carbonyl (C=O) groups excluding carboxylic acids is 2. The van der Waals surface area contributed by atoms with E-state index >= 15 is 0 Å². The first-order valence-electron chi connectivity index (χ1n) is 13.1. The number of likely N-dealkylation sites (tertiary alicyclic amines) is 1. The normalized spacial score (nSPS) is 14.8. The summed E-state index contributed by atoms with van der Waals surface area (Å²) in [4.78, 5) is 26.2. The van der Waals surface area contributed by atoms with Crippen LogP contribution in [0.5, 0.6) is 0 Å². The zero-order chi connectivity index (χ0) is 25.7. The number of carbonyl (C=O) groups is 2. The number of halogens is 4. The minimum absolute atomic E-state index is 0.173. The van der Waals surface area contributed by atoms with Gasteiger partial charge in [0.2, 0.25) is 0 Å². The van der Waals surface area contributed by atoms with Crippen LogP contribution in [0.4, 0.5) is 17.6 Å². The molecule has 0 N–H and O–H groups in total.